The maximum Gasteiger partial charge on any atom is 0.433 e. The van der Waals surface area contributed by atoms with Crippen LogP contribution in [0.25, 0.3) is 0 Å². The largest absolute Gasteiger partial charge is 0.469 e. The molecule has 1 aliphatic heterocycles. The van der Waals surface area contributed by atoms with E-state index >= 15 is 0 Å². The molecule has 0 unspecified atom stereocenters. The first-order valence-corrected chi connectivity index (χ1v) is 9.90. The Kier molecular flexibility index (Phi) is 13.9. The van der Waals surface area contributed by atoms with Gasteiger partial charge >= 0.3 is 18.1 Å². The molecule has 7 nitrogen and oxygen atoms in total. The molecule has 0 atom stereocenters. The number of piperazine rings is 1. The van der Waals surface area contributed by atoms with Crippen molar-refractivity contribution < 1.29 is 32.2 Å². The lowest BCUT2D eigenvalue weighted by Gasteiger charge is -2.35. The van der Waals surface area contributed by atoms with Gasteiger partial charge in [-0.05, 0) is 12.1 Å². The van der Waals surface area contributed by atoms with Gasteiger partial charge in [0.05, 0.1) is 32.5 Å². The summed E-state index contributed by atoms with van der Waals surface area (Å²) in [7, 11) is 2.67. The van der Waals surface area contributed by atoms with Gasteiger partial charge in [-0.1, -0.05) is 26.8 Å². The second kappa shape index (κ2) is 15.2. The van der Waals surface area contributed by atoms with Crippen molar-refractivity contribution in [3.05, 3.63) is 36.7 Å². The van der Waals surface area contributed by atoms with Crippen LogP contribution in [0.5, 0.6) is 0 Å². The van der Waals surface area contributed by atoms with Gasteiger partial charge in [0.1, 0.15) is 5.69 Å². The number of methoxy groups -OCH3 is 2. The molecule has 1 aliphatic rings. The van der Waals surface area contributed by atoms with Crippen molar-refractivity contribution in [2.75, 3.05) is 51.8 Å². The monoisotopic (exact) mass is 447 g/mol. The van der Waals surface area contributed by atoms with E-state index in [0.717, 1.165) is 25.2 Å². The average molecular weight is 447 g/mol. The normalized spacial score (nSPS) is 13.7. The molecule has 176 valence electrons. The van der Waals surface area contributed by atoms with Crippen molar-refractivity contribution in [3.63, 3.8) is 0 Å². The predicted molar refractivity (Wildman–Crippen MR) is 113 cm³/mol. The Morgan fingerprint density at radius 1 is 1.13 bits per heavy atom. The number of carbonyl (C=O) groups is 2. The average Bonchev–Trinajstić information content (AvgIpc) is 2.77. The summed E-state index contributed by atoms with van der Waals surface area (Å²) >= 11 is 0. The highest BCUT2D eigenvalue weighted by molar-refractivity contribution is 5.80. The quantitative estimate of drug-likeness (QED) is 0.505. The predicted octanol–water partition coefficient (Wildman–Crippen LogP) is 3.55. The third kappa shape index (κ3) is 12.0. The maximum atomic E-state index is 12.5. The lowest BCUT2D eigenvalue weighted by Crippen LogP contribution is -2.47. The number of hydrogen-bond donors (Lipinski definition) is 0. The van der Waals surface area contributed by atoms with Crippen LogP contribution < -0.4 is 4.90 Å². The van der Waals surface area contributed by atoms with Crippen molar-refractivity contribution >= 4 is 17.6 Å². The van der Waals surface area contributed by atoms with E-state index in [4.69, 9.17) is 0 Å². The second-order valence-electron chi connectivity index (χ2n) is 6.49. The standard InChI is InChI=1S/C14H18F3N3O2.C4H6O2.C3H8/c1-22-13(21)4-5-19-6-8-20(9-7-19)11-2-3-12(18-10-11)14(15,16)17;1-3-4(5)6-2;1-3-2/h2-3,10H,4-9H2,1H3;3H,1H2,2H3;3H2,1-2H3. The summed E-state index contributed by atoms with van der Waals surface area (Å²) in [6, 6.07) is 2.44. The molecule has 0 radical (unpaired) electrons. The van der Waals surface area contributed by atoms with E-state index in [1.54, 1.807) is 0 Å². The lowest BCUT2D eigenvalue weighted by molar-refractivity contribution is -0.141. The number of rotatable bonds is 5. The molecule has 1 fully saturated rings. The van der Waals surface area contributed by atoms with Crippen molar-refractivity contribution in [2.24, 2.45) is 0 Å². The van der Waals surface area contributed by atoms with Crippen LogP contribution in [0.3, 0.4) is 0 Å². The van der Waals surface area contributed by atoms with Crippen LogP contribution in [0.1, 0.15) is 32.4 Å². The van der Waals surface area contributed by atoms with Gasteiger partial charge in [-0.15, -0.1) is 0 Å². The van der Waals surface area contributed by atoms with Crippen LogP contribution in [0.4, 0.5) is 18.9 Å². The zero-order valence-corrected chi connectivity index (χ0v) is 18.6. The molecule has 1 aromatic rings. The molecule has 31 heavy (non-hydrogen) atoms. The zero-order valence-electron chi connectivity index (χ0n) is 18.6. The molecule has 0 amide bonds. The first-order chi connectivity index (χ1) is 14.6. The number of anilines is 1. The molecule has 0 spiro atoms. The molecule has 1 aromatic heterocycles. The van der Waals surface area contributed by atoms with Gasteiger partial charge in [-0.3, -0.25) is 9.69 Å². The van der Waals surface area contributed by atoms with Crippen molar-refractivity contribution in [1.29, 1.82) is 0 Å². The smallest absolute Gasteiger partial charge is 0.433 e. The first-order valence-electron chi connectivity index (χ1n) is 9.90. The number of nitrogens with zero attached hydrogens (tertiary/aromatic N) is 3. The van der Waals surface area contributed by atoms with Crippen molar-refractivity contribution in [2.45, 2.75) is 32.9 Å². The molecule has 0 aromatic carbocycles. The Hall–Kier alpha value is -2.62. The van der Waals surface area contributed by atoms with Crippen LogP contribution >= 0.6 is 0 Å². The van der Waals surface area contributed by atoms with Gasteiger partial charge in [0.15, 0.2) is 0 Å². The molecule has 0 bridgehead atoms. The number of alkyl halides is 3. The van der Waals surface area contributed by atoms with Crippen molar-refractivity contribution in [3.8, 4) is 0 Å². The molecular weight excluding hydrogens is 415 g/mol. The minimum absolute atomic E-state index is 0.241. The third-order valence-corrected chi connectivity index (χ3v) is 4.00. The number of carbonyl (C=O) groups excluding carboxylic acids is 2. The zero-order chi connectivity index (χ0) is 23.9. The molecule has 2 heterocycles. The summed E-state index contributed by atoms with van der Waals surface area (Å²) in [5.74, 6) is -0.635. The van der Waals surface area contributed by atoms with Crippen LogP contribution in [0.15, 0.2) is 31.0 Å². The van der Waals surface area contributed by atoms with Gasteiger partial charge in [-0.25, -0.2) is 9.78 Å². The van der Waals surface area contributed by atoms with E-state index in [1.165, 1.54) is 32.9 Å². The van der Waals surface area contributed by atoms with E-state index in [9.17, 15) is 22.8 Å². The van der Waals surface area contributed by atoms with Gasteiger partial charge in [-0.2, -0.15) is 13.2 Å². The van der Waals surface area contributed by atoms with Gasteiger partial charge < -0.3 is 14.4 Å². The molecule has 10 heteroatoms. The highest BCUT2D eigenvalue weighted by Crippen LogP contribution is 2.28. The molecule has 0 N–H and O–H groups in total. The number of halogens is 3. The van der Waals surface area contributed by atoms with Gasteiger partial charge in [0.25, 0.3) is 0 Å². The van der Waals surface area contributed by atoms with Gasteiger partial charge in [0.2, 0.25) is 0 Å². The Morgan fingerprint density at radius 3 is 2.06 bits per heavy atom. The van der Waals surface area contributed by atoms with E-state index in [2.05, 4.69) is 39.8 Å². The Bertz CT molecular complexity index is 659. The summed E-state index contributed by atoms with van der Waals surface area (Å²) < 4.78 is 46.2. The summed E-state index contributed by atoms with van der Waals surface area (Å²) in [4.78, 5) is 28.5. The SMILES string of the molecule is C=CC(=O)OC.CCC.COC(=O)CCN1CCN(c2ccc(C(F)(F)F)nc2)CC1. The van der Waals surface area contributed by atoms with Crippen LogP contribution in [0.2, 0.25) is 0 Å². The highest BCUT2D eigenvalue weighted by atomic mass is 19.4. The molecular formula is C21H32F3N3O4. The Labute approximate surface area is 181 Å². The molecule has 0 saturated carbocycles. The van der Waals surface area contributed by atoms with Gasteiger partial charge in [0, 0.05) is 38.8 Å². The number of esters is 2. The number of aromatic nitrogens is 1. The molecule has 2 rings (SSSR count). The second-order valence-corrected chi connectivity index (χ2v) is 6.49. The topological polar surface area (TPSA) is 72.0 Å². The van der Waals surface area contributed by atoms with Crippen LogP contribution in [-0.2, 0) is 25.2 Å². The highest BCUT2D eigenvalue weighted by Gasteiger charge is 2.32. The van der Waals surface area contributed by atoms with Crippen LogP contribution in [-0.4, -0.2) is 68.8 Å². The maximum absolute atomic E-state index is 12.5. The third-order valence-electron chi connectivity index (χ3n) is 4.00. The Morgan fingerprint density at radius 2 is 1.71 bits per heavy atom. The fraction of sp³-hybridized carbons (Fsp3) is 0.571. The minimum Gasteiger partial charge on any atom is -0.469 e. The van der Waals surface area contributed by atoms with E-state index in [1.807, 2.05) is 4.90 Å². The van der Waals surface area contributed by atoms with E-state index in [0.29, 0.717) is 31.7 Å². The molecule has 1 saturated heterocycles. The number of hydrogen-bond acceptors (Lipinski definition) is 7. The summed E-state index contributed by atoms with van der Waals surface area (Å²) in [6.45, 7) is 10.9. The minimum atomic E-state index is -4.41. The molecule has 0 aliphatic carbocycles. The first kappa shape index (κ1) is 28.4. The van der Waals surface area contributed by atoms with Crippen molar-refractivity contribution in [1.82, 2.24) is 9.88 Å². The van der Waals surface area contributed by atoms with E-state index < -0.39 is 17.8 Å². The number of ether oxygens (including phenoxy) is 2. The summed E-state index contributed by atoms with van der Waals surface area (Å²) in [6.07, 6.45) is -0.448. The summed E-state index contributed by atoms with van der Waals surface area (Å²) in [5.41, 5.74) is -0.200. The van der Waals surface area contributed by atoms with E-state index in [-0.39, 0.29) is 5.97 Å². The fourth-order valence-corrected chi connectivity index (χ4v) is 2.41. The van der Waals surface area contributed by atoms with Crippen LogP contribution in [0, 0.1) is 0 Å². The Balaban J connectivity index is 0.000000848. The number of pyridine rings is 1. The summed E-state index contributed by atoms with van der Waals surface area (Å²) in [5, 5.41) is 0. The fourth-order valence-electron chi connectivity index (χ4n) is 2.41. The lowest BCUT2D eigenvalue weighted by atomic mass is 10.2.